The minimum Gasteiger partial charge on any atom is -0.395 e. The number of piperidine rings is 1. The van der Waals surface area contributed by atoms with Gasteiger partial charge in [0, 0.05) is 18.6 Å². The van der Waals surface area contributed by atoms with Crippen LogP contribution in [0.3, 0.4) is 0 Å². The van der Waals surface area contributed by atoms with Crippen molar-refractivity contribution >= 4 is 0 Å². The van der Waals surface area contributed by atoms with Crippen molar-refractivity contribution in [3.05, 3.63) is 0 Å². The van der Waals surface area contributed by atoms with Crippen LogP contribution in [0, 0.1) is 11.3 Å². The van der Waals surface area contributed by atoms with Gasteiger partial charge in [-0.25, -0.2) is 0 Å². The molecule has 1 saturated heterocycles. The van der Waals surface area contributed by atoms with Crippen LogP contribution in [0.1, 0.15) is 33.6 Å². The van der Waals surface area contributed by atoms with Gasteiger partial charge in [-0.1, -0.05) is 20.8 Å². The zero-order valence-corrected chi connectivity index (χ0v) is 13.4. The Morgan fingerprint density at radius 2 is 1.84 bits per heavy atom. The van der Waals surface area contributed by atoms with Crippen LogP contribution in [0.15, 0.2) is 0 Å². The topological polar surface area (TPSA) is 52.7 Å². The van der Waals surface area contributed by atoms with Crippen LogP contribution < -0.4 is 5.73 Å². The van der Waals surface area contributed by atoms with Crippen molar-refractivity contribution in [3.63, 3.8) is 0 Å². The maximum Gasteiger partial charge on any atom is 0.0602 e. The van der Waals surface area contributed by atoms with E-state index in [4.69, 9.17) is 5.73 Å². The molecule has 1 aliphatic rings. The van der Waals surface area contributed by atoms with Crippen molar-refractivity contribution in [2.24, 2.45) is 17.1 Å². The van der Waals surface area contributed by atoms with E-state index in [1.165, 1.54) is 25.9 Å². The van der Waals surface area contributed by atoms with E-state index in [2.05, 4.69) is 44.7 Å². The molecule has 2 unspecified atom stereocenters. The molecular weight excluding hydrogens is 238 g/mol. The van der Waals surface area contributed by atoms with Crippen LogP contribution in [0.2, 0.25) is 0 Å². The predicted octanol–water partition coefficient (Wildman–Crippen LogP) is 0.994. The Hall–Kier alpha value is -0.160. The van der Waals surface area contributed by atoms with Crippen LogP contribution in [0.4, 0.5) is 0 Å². The smallest absolute Gasteiger partial charge is 0.0602 e. The summed E-state index contributed by atoms with van der Waals surface area (Å²) >= 11 is 0. The van der Waals surface area contributed by atoms with Crippen LogP contribution in [0.25, 0.3) is 0 Å². The third-order valence-electron chi connectivity index (χ3n) is 4.55. The first kappa shape index (κ1) is 16.9. The van der Waals surface area contributed by atoms with Gasteiger partial charge in [-0.15, -0.1) is 0 Å². The number of aliphatic hydroxyl groups excluding tert-OH is 1. The summed E-state index contributed by atoms with van der Waals surface area (Å²) in [4.78, 5) is 4.66. The Morgan fingerprint density at radius 3 is 2.26 bits per heavy atom. The predicted molar refractivity (Wildman–Crippen MR) is 81.2 cm³/mol. The highest BCUT2D eigenvalue weighted by molar-refractivity contribution is 4.89. The van der Waals surface area contributed by atoms with E-state index in [-0.39, 0.29) is 24.1 Å². The molecule has 1 aliphatic heterocycles. The monoisotopic (exact) mass is 271 g/mol. The van der Waals surface area contributed by atoms with Gasteiger partial charge in [0.2, 0.25) is 0 Å². The Labute approximate surface area is 118 Å². The lowest BCUT2D eigenvalue weighted by molar-refractivity contribution is 0.0680. The summed E-state index contributed by atoms with van der Waals surface area (Å²) < 4.78 is 0. The molecule has 114 valence electrons. The van der Waals surface area contributed by atoms with Gasteiger partial charge in [0.15, 0.2) is 0 Å². The number of rotatable bonds is 5. The molecule has 0 saturated carbocycles. The molecule has 1 fully saturated rings. The number of hydrogen-bond donors (Lipinski definition) is 2. The molecule has 0 aromatic heterocycles. The van der Waals surface area contributed by atoms with Crippen LogP contribution in [0.5, 0.6) is 0 Å². The Morgan fingerprint density at radius 1 is 1.32 bits per heavy atom. The Balaban J connectivity index is 2.52. The summed E-state index contributed by atoms with van der Waals surface area (Å²) in [7, 11) is 4.29. The van der Waals surface area contributed by atoms with Crippen molar-refractivity contribution in [3.8, 4) is 0 Å². The first-order valence-corrected chi connectivity index (χ1v) is 7.51. The summed E-state index contributed by atoms with van der Waals surface area (Å²) in [6, 6.07) is 0.0495. The van der Waals surface area contributed by atoms with E-state index < -0.39 is 0 Å². The van der Waals surface area contributed by atoms with Gasteiger partial charge >= 0.3 is 0 Å². The molecular formula is C15H33N3O. The van der Waals surface area contributed by atoms with E-state index in [1.54, 1.807) is 0 Å². The van der Waals surface area contributed by atoms with Crippen LogP contribution >= 0.6 is 0 Å². The molecule has 3 N–H and O–H groups in total. The third-order valence-corrected chi connectivity index (χ3v) is 4.55. The van der Waals surface area contributed by atoms with Crippen LogP contribution in [-0.4, -0.2) is 67.3 Å². The molecule has 19 heavy (non-hydrogen) atoms. The van der Waals surface area contributed by atoms with Crippen LogP contribution in [-0.2, 0) is 0 Å². The van der Waals surface area contributed by atoms with Crippen molar-refractivity contribution in [2.45, 2.75) is 45.7 Å². The molecule has 1 rings (SSSR count). The number of likely N-dealkylation sites (tertiary alicyclic amines) is 1. The zero-order chi connectivity index (χ0) is 14.6. The SMILES string of the molecule is CN1CCC(CN(C)C(CO)C(N)C(C)(C)C)CC1. The second kappa shape index (κ2) is 7.02. The number of nitrogens with two attached hydrogens (primary N) is 1. The lowest BCUT2D eigenvalue weighted by Crippen LogP contribution is -2.55. The Bertz CT molecular complexity index is 257. The number of aliphatic hydroxyl groups is 1. The maximum absolute atomic E-state index is 9.67. The van der Waals surface area contributed by atoms with E-state index in [0.29, 0.717) is 0 Å². The van der Waals surface area contributed by atoms with Crippen molar-refractivity contribution in [2.75, 3.05) is 40.3 Å². The Kier molecular flexibility index (Phi) is 6.24. The van der Waals surface area contributed by atoms with Gasteiger partial charge in [-0.3, -0.25) is 4.90 Å². The third kappa shape index (κ3) is 5.03. The molecule has 0 radical (unpaired) electrons. The zero-order valence-electron chi connectivity index (χ0n) is 13.4. The molecule has 4 heteroatoms. The lowest BCUT2D eigenvalue weighted by Gasteiger charge is -2.40. The van der Waals surface area contributed by atoms with E-state index in [0.717, 1.165) is 12.5 Å². The van der Waals surface area contributed by atoms with Gasteiger partial charge in [-0.2, -0.15) is 0 Å². The molecule has 0 aliphatic carbocycles. The minimum atomic E-state index is -0.00577. The molecule has 0 aromatic rings. The van der Waals surface area contributed by atoms with E-state index in [9.17, 15) is 5.11 Å². The first-order chi connectivity index (χ1) is 8.75. The summed E-state index contributed by atoms with van der Waals surface area (Å²) in [5.41, 5.74) is 6.35. The standard InChI is InChI=1S/C15H33N3O/c1-15(2,3)14(16)13(11-19)18(5)10-12-6-8-17(4)9-7-12/h12-14,19H,6-11,16H2,1-5H3. The second-order valence-electron chi connectivity index (χ2n) is 7.33. The molecule has 1 heterocycles. The molecule has 0 bridgehead atoms. The fourth-order valence-corrected chi connectivity index (χ4v) is 2.89. The normalized spacial score (nSPS) is 22.7. The summed E-state index contributed by atoms with van der Waals surface area (Å²) in [6.45, 7) is 9.99. The summed E-state index contributed by atoms with van der Waals surface area (Å²) in [5.74, 6) is 0.738. The number of hydrogen-bond acceptors (Lipinski definition) is 4. The molecule has 4 nitrogen and oxygen atoms in total. The molecule has 2 atom stereocenters. The average molecular weight is 271 g/mol. The number of likely N-dealkylation sites (N-methyl/N-ethyl adjacent to an activating group) is 1. The first-order valence-electron chi connectivity index (χ1n) is 7.51. The minimum absolute atomic E-state index is 0.00577. The summed E-state index contributed by atoms with van der Waals surface area (Å²) in [5, 5.41) is 9.67. The molecule has 0 aromatic carbocycles. The van der Waals surface area contributed by atoms with E-state index in [1.807, 2.05) is 0 Å². The highest BCUT2D eigenvalue weighted by Gasteiger charge is 2.32. The number of nitrogens with zero attached hydrogens (tertiary/aromatic N) is 2. The van der Waals surface area contributed by atoms with Crippen molar-refractivity contribution < 1.29 is 5.11 Å². The fourth-order valence-electron chi connectivity index (χ4n) is 2.89. The molecule has 0 spiro atoms. The fraction of sp³-hybridized carbons (Fsp3) is 1.00. The van der Waals surface area contributed by atoms with Crippen molar-refractivity contribution in [1.82, 2.24) is 9.80 Å². The largest absolute Gasteiger partial charge is 0.395 e. The summed E-state index contributed by atoms with van der Waals surface area (Å²) in [6.07, 6.45) is 2.51. The quantitative estimate of drug-likeness (QED) is 0.783. The molecule has 0 amide bonds. The second-order valence-corrected chi connectivity index (χ2v) is 7.33. The maximum atomic E-state index is 9.67. The van der Waals surface area contributed by atoms with Gasteiger partial charge < -0.3 is 15.7 Å². The van der Waals surface area contributed by atoms with Gasteiger partial charge in [0.25, 0.3) is 0 Å². The van der Waals surface area contributed by atoms with E-state index >= 15 is 0 Å². The van der Waals surface area contributed by atoms with Gasteiger partial charge in [-0.05, 0) is 51.4 Å². The lowest BCUT2D eigenvalue weighted by atomic mass is 9.82. The average Bonchev–Trinajstić information content (AvgIpc) is 2.31. The highest BCUT2D eigenvalue weighted by atomic mass is 16.3. The highest BCUT2D eigenvalue weighted by Crippen LogP contribution is 2.24. The van der Waals surface area contributed by atoms with Gasteiger partial charge in [0.05, 0.1) is 6.61 Å². The van der Waals surface area contributed by atoms with Crippen molar-refractivity contribution in [1.29, 1.82) is 0 Å². The van der Waals surface area contributed by atoms with Gasteiger partial charge in [0.1, 0.15) is 0 Å².